The first-order valence-electron chi connectivity index (χ1n) is 9.26. The highest BCUT2D eigenvalue weighted by Crippen LogP contribution is 2.32. The fourth-order valence-electron chi connectivity index (χ4n) is 3.40. The van der Waals surface area contributed by atoms with Gasteiger partial charge in [-0.3, -0.25) is 4.79 Å². The van der Waals surface area contributed by atoms with Crippen LogP contribution in [0.3, 0.4) is 0 Å². The van der Waals surface area contributed by atoms with Gasteiger partial charge in [-0.15, -0.1) is 12.4 Å². The van der Waals surface area contributed by atoms with Crippen molar-refractivity contribution >= 4 is 29.9 Å². The van der Waals surface area contributed by atoms with Crippen LogP contribution in [0.4, 0.5) is 0 Å². The minimum absolute atomic E-state index is 0. The minimum atomic E-state index is -0.840. The van der Waals surface area contributed by atoms with Gasteiger partial charge in [0.15, 0.2) is 0 Å². The lowest BCUT2D eigenvalue weighted by atomic mass is 9.79. The molecule has 0 aliphatic carbocycles. The Morgan fingerprint density at radius 1 is 1.32 bits per heavy atom. The molecule has 1 amide bonds. The van der Waals surface area contributed by atoms with Crippen LogP contribution in [0, 0.1) is 0 Å². The maximum atomic E-state index is 13.0. The van der Waals surface area contributed by atoms with Crippen molar-refractivity contribution in [1.82, 2.24) is 10.6 Å². The number of rotatable bonds is 6. The molecule has 1 aliphatic rings. The number of nitrogens with one attached hydrogen (secondary N) is 2. The largest absolute Gasteiger partial charge is 0.492 e. The number of carbonyl (C=O) groups excluding carboxylic acids is 1. The zero-order valence-corrected chi connectivity index (χ0v) is 17.4. The summed E-state index contributed by atoms with van der Waals surface area (Å²) in [5.41, 5.74) is 0.485. The summed E-state index contributed by atoms with van der Waals surface area (Å²) in [5.74, 6) is 0.290. The number of carbonyl (C=O) groups is 1. The summed E-state index contributed by atoms with van der Waals surface area (Å²) in [5, 5.41) is 17.4. The van der Waals surface area contributed by atoms with E-state index < -0.39 is 11.6 Å². The SMILES string of the molecule is CCCOc1ccc(C(=O)N[C@@]2(c3ccccc3)CCNC[C@H]2O)cc1Cl.Cl. The highest BCUT2D eigenvalue weighted by molar-refractivity contribution is 6.32. The number of benzene rings is 2. The Hall–Kier alpha value is -1.79. The third-order valence-electron chi connectivity index (χ3n) is 4.88. The number of piperidine rings is 1. The second kappa shape index (κ2) is 10.1. The first-order chi connectivity index (χ1) is 13.1. The molecule has 0 saturated carbocycles. The fraction of sp³-hybridized carbons (Fsp3) is 0.381. The van der Waals surface area contributed by atoms with Crippen molar-refractivity contribution < 1.29 is 14.6 Å². The highest BCUT2D eigenvalue weighted by atomic mass is 35.5. The van der Waals surface area contributed by atoms with Crippen LogP contribution < -0.4 is 15.4 Å². The summed E-state index contributed by atoms with van der Waals surface area (Å²) in [6.45, 7) is 3.71. The third-order valence-corrected chi connectivity index (χ3v) is 5.18. The number of β-amino-alcohol motifs (C(OH)–C–C–N with tert-alkyl or cyclic N) is 1. The molecule has 1 aliphatic heterocycles. The predicted molar refractivity (Wildman–Crippen MR) is 114 cm³/mol. The Balaban J connectivity index is 0.00000280. The van der Waals surface area contributed by atoms with Crippen molar-refractivity contribution in [3.05, 3.63) is 64.7 Å². The molecule has 0 bridgehead atoms. The van der Waals surface area contributed by atoms with Gasteiger partial charge in [-0.25, -0.2) is 0 Å². The first-order valence-corrected chi connectivity index (χ1v) is 9.64. The van der Waals surface area contributed by atoms with Crippen LogP contribution >= 0.6 is 24.0 Å². The van der Waals surface area contributed by atoms with Crippen molar-refractivity contribution in [2.75, 3.05) is 19.7 Å². The van der Waals surface area contributed by atoms with E-state index in [1.165, 1.54) is 0 Å². The number of ether oxygens (including phenoxy) is 1. The van der Waals surface area contributed by atoms with Crippen LogP contribution in [-0.4, -0.2) is 36.8 Å². The van der Waals surface area contributed by atoms with Crippen molar-refractivity contribution in [3.63, 3.8) is 0 Å². The molecule has 7 heteroatoms. The quantitative estimate of drug-likeness (QED) is 0.663. The fourth-order valence-corrected chi connectivity index (χ4v) is 3.64. The van der Waals surface area contributed by atoms with E-state index in [1.54, 1.807) is 18.2 Å². The van der Waals surface area contributed by atoms with E-state index >= 15 is 0 Å². The van der Waals surface area contributed by atoms with Gasteiger partial charge in [0.2, 0.25) is 0 Å². The summed E-state index contributed by atoms with van der Waals surface area (Å²) >= 11 is 6.27. The number of hydrogen-bond acceptors (Lipinski definition) is 4. The molecule has 152 valence electrons. The van der Waals surface area contributed by atoms with Crippen LogP contribution in [0.2, 0.25) is 5.02 Å². The maximum Gasteiger partial charge on any atom is 0.252 e. The molecule has 5 nitrogen and oxygen atoms in total. The Morgan fingerprint density at radius 2 is 2.07 bits per heavy atom. The van der Waals surface area contributed by atoms with Crippen molar-refractivity contribution in [2.24, 2.45) is 0 Å². The molecule has 1 heterocycles. The molecule has 2 aromatic rings. The normalized spacial score (nSPS) is 21.5. The predicted octanol–water partition coefficient (Wildman–Crippen LogP) is 3.53. The van der Waals surface area contributed by atoms with Gasteiger partial charge in [0, 0.05) is 12.1 Å². The number of aliphatic hydroxyl groups is 1. The molecule has 2 atom stereocenters. The average Bonchev–Trinajstić information content (AvgIpc) is 2.69. The minimum Gasteiger partial charge on any atom is -0.492 e. The van der Waals surface area contributed by atoms with Crippen molar-refractivity contribution in [3.8, 4) is 5.75 Å². The zero-order valence-electron chi connectivity index (χ0n) is 15.8. The highest BCUT2D eigenvalue weighted by Gasteiger charge is 2.42. The lowest BCUT2D eigenvalue weighted by Gasteiger charge is -2.43. The Morgan fingerprint density at radius 3 is 2.71 bits per heavy atom. The number of aliphatic hydroxyl groups excluding tert-OH is 1. The van der Waals surface area contributed by atoms with Gasteiger partial charge < -0.3 is 20.5 Å². The van der Waals surface area contributed by atoms with Gasteiger partial charge in [-0.1, -0.05) is 48.9 Å². The van der Waals surface area contributed by atoms with E-state index in [2.05, 4.69) is 10.6 Å². The molecule has 1 saturated heterocycles. The van der Waals surface area contributed by atoms with Gasteiger partial charge in [-0.2, -0.15) is 0 Å². The molecule has 0 spiro atoms. The second-order valence-electron chi connectivity index (χ2n) is 6.76. The van der Waals surface area contributed by atoms with E-state index in [1.807, 2.05) is 37.3 Å². The molecular formula is C21H26Cl2N2O3. The number of hydrogen-bond donors (Lipinski definition) is 3. The summed E-state index contributed by atoms with van der Waals surface area (Å²) < 4.78 is 5.56. The van der Waals surface area contributed by atoms with Gasteiger partial charge in [0.05, 0.1) is 23.3 Å². The molecule has 3 N–H and O–H groups in total. The molecule has 0 aromatic heterocycles. The summed E-state index contributed by atoms with van der Waals surface area (Å²) in [6.07, 6.45) is 0.736. The van der Waals surface area contributed by atoms with Crippen molar-refractivity contribution in [1.29, 1.82) is 0 Å². The number of halogens is 2. The van der Waals surface area contributed by atoms with Crippen LogP contribution in [0.5, 0.6) is 5.75 Å². The second-order valence-corrected chi connectivity index (χ2v) is 7.16. The molecule has 28 heavy (non-hydrogen) atoms. The summed E-state index contributed by atoms with van der Waals surface area (Å²) in [7, 11) is 0. The van der Waals surface area contributed by atoms with E-state index in [4.69, 9.17) is 16.3 Å². The Kier molecular flexibility index (Phi) is 8.13. The van der Waals surface area contributed by atoms with E-state index in [9.17, 15) is 9.90 Å². The maximum absolute atomic E-state index is 13.0. The van der Waals surface area contributed by atoms with Gasteiger partial charge in [0.1, 0.15) is 5.75 Å². The summed E-state index contributed by atoms with van der Waals surface area (Å²) in [4.78, 5) is 13.0. The van der Waals surface area contributed by atoms with E-state index in [0.29, 0.717) is 42.5 Å². The smallest absolute Gasteiger partial charge is 0.252 e. The van der Waals surface area contributed by atoms with Gasteiger partial charge in [0.25, 0.3) is 5.91 Å². The molecule has 3 rings (SSSR count). The monoisotopic (exact) mass is 424 g/mol. The standard InChI is InChI=1S/C21H25ClN2O3.ClH/c1-2-12-27-18-9-8-15(13-17(18)22)20(26)24-21(10-11-23-14-19(21)25)16-6-4-3-5-7-16;/h3-9,13,19,23,25H,2,10-12,14H2,1H3,(H,24,26);1H/t19-,21-;/m1./s1. The topological polar surface area (TPSA) is 70.6 Å². The van der Waals surface area contributed by atoms with Crippen LogP contribution in [-0.2, 0) is 5.54 Å². The van der Waals surface area contributed by atoms with Crippen LogP contribution in [0.1, 0.15) is 35.7 Å². The van der Waals surface area contributed by atoms with E-state index in [-0.39, 0.29) is 18.3 Å². The Bertz CT molecular complexity index is 788. The first kappa shape index (κ1) is 22.5. The van der Waals surface area contributed by atoms with Crippen LogP contribution in [0.15, 0.2) is 48.5 Å². The van der Waals surface area contributed by atoms with Crippen LogP contribution in [0.25, 0.3) is 0 Å². The molecule has 2 aromatic carbocycles. The molecule has 0 radical (unpaired) electrons. The molecule has 0 unspecified atom stereocenters. The van der Waals surface area contributed by atoms with Gasteiger partial charge in [-0.05, 0) is 43.1 Å². The molecule has 1 fully saturated rings. The van der Waals surface area contributed by atoms with E-state index in [0.717, 1.165) is 12.0 Å². The average molecular weight is 425 g/mol. The lowest BCUT2D eigenvalue weighted by molar-refractivity contribution is 0.0289. The zero-order chi connectivity index (χ0) is 19.3. The van der Waals surface area contributed by atoms with Gasteiger partial charge >= 0.3 is 0 Å². The third kappa shape index (κ3) is 4.78. The molecular weight excluding hydrogens is 399 g/mol. The van der Waals surface area contributed by atoms with Crippen molar-refractivity contribution in [2.45, 2.75) is 31.4 Å². The number of amides is 1. The Labute approximate surface area is 176 Å². The summed E-state index contributed by atoms with van der Waals surface area (Å²) in [6, 6.07) is 14.6. The lowest BCUT2D eigenvalue weighted by Crippen LogP contribution is -2.61.